The van der Waals surface area contributed by atoms with Gasteiger partial charge < -0.3 is 4.90 Å². The Morgan fingerprint density at radius 2 is 1.63 bits per heavy atom. The van der Waals surface area contributed by atoms with Crippen LogP contribution in [0.2, 0.25) is 0 Å². The topological polar surface area (TPSA) is 72.1 Å². The van der Waals surface area contributed by atoms with E-state index >= 15 is 0 Å². The van der Waals surface area contributed by atoms with E-state index in [9.17, 15) is 0 Å². The average Bonchev–Trinajstić information content (AvgIpc) is 3.03. The normalized spacial score (nSPS) is 16.3. The number of aromatic nitrogens is 6. The van der Waals surface area contributed by atoms with Crippen LogP contribution in [-0.4, -0.2) is 42.9 Å². The Balaban J connectivity index is 1.56. The Morgan fingerprint density at radius 1 is 0.963 bits per heavy atom. The molecule has 1 aliphatic heterocycles. The van der Waals surface area contributed by atoms with E-state index in [0.29, 0.717) is 5.92 Å². The summed E-state index contributed by atoms with van der Waals surface area (Å²) in [7, 11) is 0. The number of nitrogens with zero attached hydrogens (tertiary/aromatic N) is 7. The fourth-order valence-electron chi connectivity index (χ4n) is 3.65. The zero-order chi connectivity index (χ0) is 19.2. The van der Waals surface area contributed by atoms with Gasteiger partial charge in [0.15, 0.2) is 11.5 Å². The van der Waals surface area contributed by atoms with Gasteiger partial charge in [0.25, 0.3) is 0 Å². The zero-order valence-corrected chi connectivity index (χ0v) is 16.8. The van der Waals surface area contributed by atoms with E-state index in [0.717, 1.165) is 60.4 Å². The summed E-state index contributed by atoms with van der Waals surface area (Å²) < 4.78 is 1.94. The molecule has 0 aromatic carbocycles. The van der Waals surface area contributed by atoms with Crippen LogP contribution >= 0.6 is 0 Å². The van der Waals surface area contributed by atoms with Crippen LogP contribution < -0.4 is 4.90 Å². The molecule has 4 rings (SSSR count). The Bertz CT molecular complexity index is 942. The first-order valence-corrected chi connectivity index (χ1v) is 9.61. The fourth-order valence-corrected chi connectivity index (χ4v) is 3.65. The zero-order valence-electron chi connectivity index (χ0n) is 16.8. The van der Waals surface area contributed by atoms with Crippen molar-refractivity contribution in [2.45, 2.75) is 58.8 Å². The second kappa shape index (κ2) is 6.55. The molecule has 0 unspecified atom stereocenters. The van der Waals surface area contributed by atoms with E-state index in [2.05, 4.69) is 45.8 Å². The molecule has 142 valence electrons. The lowest BCUT2D eigenvalue weighted by atomic mass is 9.92. The predicted molar refractivity (Wildman–Crippen MR) is 105 cm³/mol. The van der Waals surface area contributed by atoms with Gasteiger partial charge in [-0.1, -0.05) is 20.8 Å². The molecule has 3 aromatic rings. The number of hydrogen-bond acceptors (Lipinski definition) is 6. The van der Waals surface area contributed by atoms with Crippen LogP contribution in [-0.2, 0) is 5.41 Å². The lowest BCUT2D eigenvalue weighted by molar-refractivity contribution is 0.468. The molecular weight excluding hydrogens is 338 g/mol. The van der Waals surface area contributed by atoms with E-state index in [1.54, 1.807) is 0 Å². The third kappa shape index (κ3) is 3.50. The smallest absolute Gasteiger partial charge is 0.225 e. The number of anilines is 1. The fraction of sp³-hybridized carbons (Fsp3) is 0.550. The van der Waals surface area contributed by atoms with Crippen molar-refractivity contribution < 1.29 is 0 Å². The summed E-state index contributed by atoms with van der Waals surface area (Å²) in [4.78, 5) is 11.5. The van der Waals surface area contributed by atoms with Crippen molar-refractivity contribution in [3.05, 3.63) is 41.1 Å². The van der Waals surface area contributed by atoms with Crippen LogP contribution in [0.25, 0.3) is 5.65 Å². The van der Waals surface area contributed by atoms with Crippen molar-refractivity contribution in [2.24, 2.45) is 0 Å². The van der Waals surface area contributed by atoms with Crippen LogP contribution in [0, 0.1) is 13.8 Å². The van der Waals surface area contributed by atoms with Crippen LogP contribution in [0.15, 0.2) is 18.2 Å². The molecule has 0 aliphatic carbocycles. The number of fused-ring (bicyclic) bond motifs is 1. The Kier molecular flexibility index (Phi) is 4.32. The average molecular weight is 365 g/mol. The Labute approximate surface area is 159 Å². The quantitative estimate of drug-likeness (QED) is 0.694. The summed E-state index contributed by atoms with van der Waals surface area (Å²) in [6.07, 6.45) is 2.00. The number of hydrogen-bond donors (Lipinski definition) is 0. The van der Waals surface area contributed by atoms with Gasteiger partial charge in [0.1, 0.15) is 0 Å². The summed E-state index contributed by atoms with van der Waals surface area (Å²) in [5, 5.41) is 13.6. The lowest BCUT2D eigenvalue weighted by Gasteiger charge is -2.31. The maximum atomic E-state index is 4.84. The number of aryl methyl sites for hydroxylation is 2. The van der Waals surface area contributed by atoms with Crippen molar-refractivity contribution in [1.29, 1.82) is 0 Å². The molecule has 7 nitrogen and oxygen atoms in total. The largest absolute Gasteiger partial charge is 0.341 e. The molecule has 3 aromatic heterocycles. The summed E-state index contributed by atoms with van der Waals surface area (Å²) in [6, 6.07) is 6.08. The van der Waals surface area contributed by atoms with Crippen molar-refractivity contribution in [1.82, 2.24) is 29.8 Å². The number of piperidine rings is 1. The van der Waals surface area contributed by atoms with Gasteiger partial charge in [-0.3, -0.25) is 0 Å². The third-order valence-corrected chi connectivity index (χ3v) is 5.17. The molecule has 1 fully saturated rings. The minimum atomic E-state index is -0.000534. The highest BCUT2D eigenvalue weighted by atomic mass is 15.4. The van der Waals surface area contributed by atoms with Gasteiger partial charge in [0, 0.05) is 35.8 Å². The van der Waals surface area contributed by atoms with Gasteiger partial charge in [0.2, 0.25) is 5.95 Å². The van der Waals surface area contributed by atoms with Crippen molar-refractivity contribution in [3.8, 4) is 0 Å². The maximum Gasteiger partial charge on any atom is 0.225 e. The third-order valence-electron chi connectivity index (χ3n) is 5.17. The monoisotopic (exact) mass is 365 g/mol. The highest BCUT2D eigenvalue weighted by Gasteiger charge is 2.27. The lowest BCUT2D eigenvalue weighted by Crippen LogP contribution is -2.35. The summed E-state index contributed by atoms with van der Waals surface area (Å²) in [5.74, 6) is 2.16. The van der Waals surface area contributed by atoms with E-state index in [-0.39, 0.29) is 5.41 Å². The second-order valence-electron chi connectivity index (χ2n) is 8.51. The first-order valence-electron chi connectivity index (χ1n) is 9.61. The van der Waals surface area contributed by atoms with Crippen molar-refractivity contribution in [3.63, 3.8) is 0 Å². The Hall–Kier alpha value is -2.57. The molecule has 0 radical (unpaired) electrons. The molecule has 0 spiro atoms. The molecular formula is C20H27N7. The van der Waals surface area contributed by atoms with Crippen molar-refractivity contribution >= 4 is 11.6 Å². The van der Waals surface area contributed by atoms with Gasteiger partial charge in [-0.2, -0.15) is 9.61 Å². The number of rotatable bonds is 2. The predicted octanol–water partition coefficient (Wildman–Crippen LogP) is 3.21. The minimum absolute atomic E-state index is 0.000534. The van der Waals surface area contributed by atoms with Crippen LogP contribution in [0.3, 0.4) is 0 Å². The van der Waals surface area contributed by atoms with E-state index in [1.807, 2.05) is 36.6 Å². The first-order chi connectivity index (χ1) is 12.8. The molecule has 4 heterocycles. The van der Waals surface area contributed by atoms with Gasteiger partial charge in [-0.15, -0.1) is 10.2 Å². The molecule has 0 atom stereocenters. The van der Waals surface area contributed by atoms with Crippen LogP contribution in [0.4, 0.5) is 5.95 Å². The second-order valence-corrected chi connectivity index (χ2v) is 8.51. The molecule has 7 heteroatoms. The highest BCUT2D eigenvalue weighted by molar-refractivity contribution is 5.38. The maximum absolute atomic E-state index is 4.84. The van der Waals surface area contributed by atoms with Gasteiger partial charge in [-0.05, 0) is 44.9 Å². The summed E-state index contributed by atoms with van der Waals surface area (Å²) in [5.41, 5.74) is 3.90. The van der Waals surface area contributed by atoms with Crippen LogP contribution in [0.5, 0.6) is 0 Å². The summed E-state index contributed by atoms with van der Waals surface area (Å²) >= 11 is 0. The van der Waals surface area contributed by atoms with Crippen molar-refractivity contribution in [2.75, 3.05) is 18.0 Å². The summed E-state index contributed by atoms with van der Waals surface area (Å²) in [6.45, 7) is 12.4. The van der Waals surface area contributed by atoms with Gasteiger partial charge in [-0.25, -0.2) is 9.97 Å². The molecule has 27 heavy (non-hydrogen) atoms. The minimum Gasteiger partial charge on any atom is -0.341 e. The van der Waals surface area contributed by atoms with E-state index < -0.39 is 0 Å². The van der Waals surface area contributed by atoms with Gasteiger partial charge in [0.05, 0.1) is 5.69 Å². The molecule has 1 aliphatic rings. The van der Waals surface area contributed by atoms with Gasteiger partial charge >= 0.3 is 0 Å². The molecule has 0 N–H and O–H groups in total. The molecule has 0 amide bonds. The Morgan fingerprint density at radius 3 is 2.26 bits per heavy atom. The SMILES string of the molecule is Cc1cc(C)nc(N2CCC(c3nnc4ccc(C(C)(C)C)nn34)CC2)n1. The van der Waals surface area contributed by atoms with E-state index in [4.69, 9.17) is 5.10 Å². The van der Waals surface area contributed by atoms with Crippen LogP contribution in [0.1, 0.15) is 62.4 Å². The standard InChI is InChI=1S/C20H27N7/c1-13-12-14(2)22-19(21-13)26-10-8-15(9-11-26)18-24-23-17-7-6-16(20(3,4)5)25-27(17)18/h6-7,12,15H,8-11H2,1-5H3. The first kappa shape index (κ1) is 17.8. The molecule has 0 saturated carbocycles. The molecule has 1 saturated heterocycles. The highest BCUT2D eigenvalue weighted by Crippen LogP contribution is 2.29. The van der Waals surface area contributed by atoms with E-state index in [1.165, 1.54) is 0 Å². The molecule has 0 bridgehead atoms.